The topological polar surface area (TPSA) is 156 Å². The molecule has 0 bridgehead atoms. The molecule has 1 aliphatic rings. The molecule has 2 heterocycles. The number of hydrogen-bond donors (Lipinski definition) is 3. The monoisotopic (exact) mass is 510 g/mol. The van der Waals surface area contributed by atoms with Crippen LogP contribution in [0.5, 0.6) is 11.5 Å². The van der Waals surface area contributed by atoms with Crippen LogP contribution in [0, 0.1) is 5.41 Å². The summed E-state index contributed by atoms with van der Waals surface area (Å²) in [7, 11) is 0. The molecule has 1 aliphatic heterocycles. The molecule has 2 aromatic rings. The van der Waals surface area contributed by atoms with Crippen LogP contribution in [0.4, 0.5) is 0 Å². The van der Waals surface area contributed by atoms with Crippen LogP contribution in [-0.4, -0.2) is 58.2 Å². The van der Waals surface area contributed by atoms with Crippen molar-refractivity contribution in [2.75, 3.05) is 19.8 Å². The molecule has 0 saturated heterocycles. The lowest BCUT2D eigenvalue weighted by Crippen LogP contribution is -2.30. The van der Waals surface area contributed by atoms with Crippen molar-refractivity contribution < 1.29 is 29.0 Å². The highest BCUT2D eigenvalue weighted by atomic mass is 16.5. The van der Waals surface area contributed by atoms with Gasteiger partial charge in [0.1, 0.15) is 11.5 Å². The van der Waals surface area contributed by atoms with Crippen molar-refractivity contribution in [2.45, 2.75) is 58.9 Å². The summed E-state index contributed by atoms with van der Waals surface area (Å²) in [6, 6.07) is 7.10. The maximum atomic E-state index is 13.4. The van der Waals surface area contributed by atoms with Crippen LogP contribution in [-0.2, 0) is 28.0 Å². The minimum atomic E-state index is -1.15. The Morgan fingerprint density at radius 3 is 2.54 bits per heavy atom. The Morgan fingerprint density at radius 2 is 1.92 bits per heavy atom. The summed E-state index contributed by atoms with van der Waals surface area (Å²) < 4.78 is 11.5. The molecule has 3 rings (SSSR count). The number of carboxylic acids is 1. The third-order valence-electron chi connectivity index (χ3n) is 5.98. The number of Topliss-reactive ketones (excluding diaryl/α,β-unsaturated/α-hetero) is 1. The number of nitrogens with two attached hydrogens (primary N) is 1. The van der Waals surface area contributed by atoms with Gasteiger partial charge in [-0.15, -0.1) is 0 Å². The number of carboxylic acid groups (broad SMARTS) is 1. The van der Waals surface area contributed by atoms with Gasteiger partial charge in [-0.1, -0.05) is 33.8 Å². The van der Waals surface area contributed by atoms with E-state index in [2.05, 4.69) is 4.98 Å². The SMILES string of the molecule is CCc1ccc2c(n1)C(=N)N(CC(=O)c1cc(OCCCC(N)=O)c(OCC(=O)O)c(C(C)(C)C)c1)C2. The standard InChI is InChI=1S/C27H34N4O6/c1-5-18-9-8-16-13-31(26(29)24(16)30-18)14-20(32)17-11-19(27(2,3)4)25(37-15-23(34)35)21(12-17)36-10-6-7-22(28)33/h8-9,11-12,29H,5-7,10,13-15H2,1-4H3,(H2,28,33)(H,34,35). The molecule has 0 spiro atoms. The molecule has 0 aliphatic carbocycles. The van der Waals surface area contributed by atoms with Crippen molar-refractivity contribution in [3.8, 4) is 11.5 Å². The lowest BCUT2D eigenvalue weighted by Gasteiger charge is -2.26. The van der Waals surface area contributed by atoms with Gasteiger partial charge in [0.2, 0.25) is 5.91 Å². The van der Waals surface area contributed by atoms with E-state index in [0.717, 1.165) is 17.7 Å². The Bertz CT molecular complexity index is 1220. The van der Waals surface area contributed by atoms with Gasteiger partial charge in [-0.3, -0.25) is 15.0 Å². The smallest absolute Gasteiger partial charge is 0.341 e. The molecule has 0 fully saturated rings. The van der Waals surface area contributed by atoms with E-state index < -0.39 is 23.9 Å². The number of pyridine rings is 1. The van der Waals surface area contributed by atoms with E-state index in [1.165, 1.54) is 6.07 Å². The van der Waals surface area contributed by atoms with Crippen LogP contribution in [0.25, 0.3) is 0 Å². The van der Waals surface area contributed by atoms with Crippen LogP contribution in [0.1, 0.15) is 73.4 Å². The number of ketones is 1. The number of amides is 1. The quantitative estimate of drug-likeness (QED) is 0.290. The van der Waals surface area contributed by atoms with E-state index in [0.29, 0.717) is 29.8 Å². The average Bonchev–Trinajstić information content (AvgIpc) is 3.13. The highest BCUT2D eigenvalue weighted by Gasteiger charge is 2.30. The third-order valence-corrected chi connectivity index (χ3v) is 5.98. The maximum Gasteiger partial charge on any atom is 0.341 e. The number of nitrogens with zero attached hydrogens (tertiary/aromatic N) is 2. The zero-order valence-electron chi connectivity index (χ0n) is 21.7. The van der Waals surface area contributed by atoms with Gasteiger partial charge in [0.05, 0.1) is 13.2 Å². The zero-order chi connectivity index (χ0) is 27.3. The molecule has 1 aromatic heterocycles. The van der Waals surface area contributed by atoms with E-state index in [1.807, 2.05) is 39.8 Å². The number of amidine groups is 1. The first-order valence-corrected chi connectivity index (χ1v) is 12.2. The van der Waals surface area contributed by atoms with Crippen molar-refractivity contribution in [1.82, 2.24) is 9.88 Å². The molecule has 0 unspecified atom stereocenters. The summed E-state index contributed by atoms with van der Waals surface area (Å²) in [5.41, 5.74) is 8.05. The third kappa shape index (κ3) is 6.84. The fourth-order valence-corrected chi connectivity index (χ4v) is 4.03. The summed E-state index contributed by atoms with van der Waals surface area (Å²) in [5, 5.41) is 17.7. The number of aryl methyl sites for hydroxylation is 1. The molecule has 1 amide bonds. The first kappa shape index (κ1) is 27.6. The van der Waals surface area contributed by atoms with Crippen LogP contribution >= 0.6 is 0 Å². The van der Waals surface area contributed by atoms with E-state index in [-0.39, 0.29) is 42.7 Å². The van der Waals surface area contributed by atoms with E-state index in [1.54, 1.807) is 11.0 Å². The minimum Gasteiger partial charge on any atom is -0.490 e. The van der Waals surface area contributed by atoms with Gasteiger partial charge in [0, 0.05) is 35.3 Å². The predicted molar refractivity (Wildman–Crippen MR) is 137 cm³/mol. The van der Waals surface area contributed by atoms with Crippen molar-refractivity contribution in [1.29, 1.82) is 5.41 Å². The molecule has 10 nitrogen and oxygen atoms in total. The summed E-state index contributed by atoms with van der Waals surface area (Å²) in [4.78, 5) is 42.0. The predicted octanol–water partition coefficient (Wildman–Crippen LogP) is 3.07. The Morgan fingerprint density at radius 1 is 1.19 bits per heavy atom. The van der Waals surface area contributed by atoms with E-state index >= 15 is 0 Å². The van der Waals surface area contributed by atoms with Crippen LogP contribution in [0.2, 0.25) is 0 Å². The largest absolute Gasteiger partial charge is 0.490 e. The van der Waals surface area contributed by atoms with E-state index in [4.69, 9.17) is 25.7 Å². The number of carbonyl (C=O) groups excluding carboxylic acids is 2. The van der Waals surface area contributed by atoms with Gasteiger partial charge in [0.15, 0.2) is 23.9 Å². The van der Waals surface area contributed by atoms with Crippen molar-refractivity contribution >= 4 is 23.5 Å². The summed E-state index contributed by atoms with van der Waals surface area (Å²) >= 11 is 0. The van der Waals surface area contributed by atoms with Gasteiger partial charge < -0.3 is 25.2 Å². The first-order valence-electron chi connectivity index (χ1n) is 12.2. The molecule has 1 aromatic carbocycles. The highest BCUT2D eigenvalue weighted by molar-refractivity contribution is 6.04. The number of carbonyl (C=O) groups is 3. The fraction of sp³-hybridized carbons (Fsp3) is 0.444. The second-order valence-corrected chi connectivity index (χ2v) is 9.99. The molecular weight excluding hydrogens is 476 g/mol. The van der Waals surface area contributed by atoms with Crippen molar-refractivity contribution in [2.24, 2.45) is 5.73 Å². The Hall–Kier alpha value is -3.95. The van der Waals surface area contributed by atoms with Gasteiger partial charge in [0.25, 0.3) is 0 Å². The number of benzene rings is 1. The Labute approximate surface area is 216 Å². The molecule has 0 saturated carbocycles. The van der Waals surface area contributed by atoms with Crippen molar-refractivity contribution in [3.63, 3.8) is 0 Å². The second-order valence-electron chi connectivity index (χ2n) is 9.99. The number of primary amides is 1. The van der Waals surface area contributed by atoms with Gasteiger partial charge in [-0.05, 0) is 36.5 Å². The highest BCUT2D eigenvalue weighted by Crippen LogP contribution is 2.40. The lowest BCUT2D eigenvalue weighted by molar-refractivity contribution is -0.139. The molecule has 0 atom stereocenters. The first-order chi connectivity index (χ1) is 17.4. The number of aromatic nitrogens is 1. The molecule has 0 radical (unpaired) electrons. The molecule has 4 N–H and O–H groups in total. The number of fused-ring (bicyclic) bond motifs is 1. The number of hydrogen-bond acceptors (Lipinski definition) is 7. The molecule has 198 valence electrons. The van der Waals surface area contributed by atoms with E-state index in [9.17, 15) is 14.4 Å². The molecule has 10 heteroatoms. The van der Waals surface area contributed by atoms with Gasteiger partial charge in [-0.25, -0.2) is 9.78 Å². The van der Waals surface area contributed by atoms with Crippen LogP contribution in [0.15, 0.2) is 24.3 Å². The van der Waals surface area contributed by atoms with Gasteiger partial charge in [-0.2, -0.15) is 0 Å². The number of ether oxygens (including phenoxy) is 2. The normalized spacial score (nSPS) is 12.9. The number of rotatable bonds is 12. The molecular formula is C27H34N4O6. The summed E-state index contributed by atoms with van der Waals surface area (Å²) in [5.74, 6) is -1.17. The lowest BCUT2D eigenvalue weighted by atomic mass is 9.84. The van der Waals surface area contributed by atoms with Crippen LogP contribution < -0.4 is 15.2 Å². The maximum absolute atomic E-state index is 13.4. The minimum absolute atomic E-state index is 0.0311. The van der Waals surface area contributed by atoms with Crippen LogP contribution in [0.3, 0.4) is 0 Å². The second kappa shape index (κ2) is 11.4. The summed E-state index contributed by atoms with van der Waals surface area (Å²) in [6.07, 6.45) is 1.24. The average molecular weight is 511 g/mol. The van der Waals surface area contributed by atoms with Gasteiger partial charge >= 0.3 is 5.97 Å². The molecule has 37 heavy (non-hydrogen) atoms. The Balaban J connectivity index is 1.91. The van der Waals surface area contributed by atoms with Crippen molar-refractivity contribution in [3.05, 3.63) is 52.3 Å². The number of aliphatic carboxylic acids is 1. The number of nitrogens with one attached hydrogen (secondary N) is 1. The Kier molecular flexibility index (Phi) is 8.52. The zero-order valence-corrected chi connectivity index (χ0v) is 21.7. The fourth-order valence-electron chi connectivity index (χ4n) is 4.03. The summed E-state index contributed by atoms with van der Waals surface area (Å²) in [6.45, 7) is 7.70.